The van der Waals surface area contributed by atoms with Crippen LogP contribution in [0.3, 0.4) is 0 Å². The van der Waals surface area contributed by atoms with Crippen LogP contribution in [0.25, 0.3) is 0 Å². The predicted octanol–water partition coefficient (Wildman–Crippen LogP) is 1.19. The topological polar surface area (TPSA) is 90.6 Å². The summed E-state index contributed by atoms with van der Waals surface area (Å²) in [6.07, 6.45) is 0.0698. The number of nitrogens with one attached hydrogen (secondary N) is 1. The van der Waals surface area contributed by atoms with Crippen molar-refractivity contribution in [1.29, 1.82) is 0 Å². The molecule has 124 valence electrons. The summed E-state index contributed by atoms with van der Waals surface area (Å²) < 4.78 is 9.67. The number of carbonyl (C=O) groups is 2. The van der Waals surface area contributed by atoms with Gasteiger partial charge >= 0.3 is 5.97 Å². The van der Waals surface area contributed by atoms with Gasteiger partial charge in [-0.1, -0.05) is 30.3 Å². The lowest BCUT2D eigenvalue weighted by Crippen LogP contribution is -2.56. The molecule has 0 aliphatic heterocycles. The summed E-state index contributed by atoms with van der Waals surface area (Å²) >= 11 is 0. The maximum atomic E-state index is 12.1. The summed E-state index contributed by atoms with van der Waals surface area (Å²) in [7, 11) is 2.71. The number of methoxy groups -OCH3 is 2. The molecule has 3 N–H and O–H groups in total. The Morgan fingerprint density at radius 2 is 1.86 bits per heavy atom. The average molecular weight is 331 g/mol. The molecule has 1 aromatic rings. The molecule has 0 radical (unpaired) electrons. The Bertz CT molecular complexity index is 484. The van der Waals surface area contributed by atoms with Crippen LogP contribution in [0.2, 0.25) is 0 Å². The van der Waals surface area contributed by atoms with Crippen LogP contribution in [-0.2, 0) is 19.1 Å². The molecule has 0 aromatic heterocycles. The number of ether oxygens (including phenoxy) is 2. The molecule has 0 saturated heterocycles. The molecule has 2 atom stereocenters. The van der Waals surface area contributed by atoms with Crippen molar-refractivity contribution >= 4 is 24.3 Å². The van der Waals surface area contributed by atoms with Crippen LogP contribution in [0.5, 0.6) is 0 Å². The van der Waals surface area contributed by atoms with Crippen LogP contribution in [-0.4, -0.2) is 38.2 Å². The highest BCUT2D eigenvalue weighted by Crippen LogP contribution is 2.14. The first-order chi connectivity index (χ1) is 9.92. The summed E-state index contributed by atoms with van der Waals surface area (Å²) in [6.45, 7) is 1.57. The summed E-state index contributed by atoms with van der Waals surface area (Å²) in [6, 6.07) is 8.87. The molecule has 6 nitrogen and oxygen atoms in total. The van der Waals surface area contributed by atoms with Gasteiger partial charge in [-0.2, -0.15) is 0 Å². The van der Waals surface area contributed by atoms with E-state index < -0.39 is 17.6 Å². The van der Waals surface area contributed by atoms with Crippen molar-refractivity contribution in [2.75, 3.05) is 20.8 Å². The molecule has 0 saturated carbocycles. The van der Waals surface area contributed by atoms with Crippen molar-refractivity contribution in [3.63, 3.8) is 0 Å². The van der Waals surface area contributed by atoms with Gasteiger partial charge in [-0.05, 0) is 12.5 Å². The first kappa shape index (κ1) is 20.4. The minimum absolute atomic E-state index is 0. The number of halogens is 1. The first-order valence-electron chi connectivity index (χ1n) is 6.62. The minimum Gasteiger partial charge on any atom is -0.467 e. The summed E-state index contributed by atoms with van der Waals surface area (Å²) in [5.74, 6) is -0.901. The van der Waals surface area contributed by atoms with Gasteiger partial charge in [-0.25, -0.2) is 4.79 Å². The number of hydrogen-bond donors (Lipinski definition) is 2. The summed E-state index contributed by atoms with van der Waals surface area (Å²) in [5.41, 5.74) is 5.62. The van der Waals surface area contributed by atoms with Gasteiger partial charge in [0.25, 0.3) is 0 Å². The molecule has 1 rings (SSSR count). The van der Waals surface area contributed by atoms with Crippen LogP contribution in [0.4, 0.5) is 0 Å². The van der Waals surface area contributed by atoms with Crippen LogP contribution in [0.1, 0.15) is 24.9 Å². The molecule has 1 aromatic carbocycles. The lowest BCUT2D eigenvalue weighted by molar-refractivity contribution is -0.152. The van der Waals surface area contributed by atoms with Gasteiger partial charge in [0.1, 0.15) is 0 Å². The van der Waals surface area contributed by atoms with Crippen molar-refractivity contribution in [2.24, 2.45) is 5.73 Å². The standard InChI is InChI=1S/C15H22N2O4.ClH/c1-15(10-20-2,14(19)21-3)17-13(18)9-12(16)11-7-5-4-6-8-11;/h4-8,12H,9-10,16H2,1-3H3,(H,17,18);1H. The molecule has 2 unspecified atom stereocenters. The second kappa shape index (κ2) is 9.40. The third kappa shape index (κ3) is 5.63. The molecular weight excluding hydrogens is 308 g/mol. The highest BCUT2D eigenvalue weighted by atomic mass is 35.5. The second-order valence-corrected chi connectivity index (χ2v) is 5.03. The maximum Gasteiger partial charge on any atom is 0.333 e. The van der Waals surface area contributed by atoms with E-state index in [9.17, 15) is 9.59 Å². The van der Waals surface area contributed by atoms with Crippen molar-refractivity contribution in [1.82, 2.24) is 5.32 Å². The Balaban J connectivity index is 0.00000441. The number of nitrogens with two attached hydrogens (primary N) is 1. The first-order valence-corrected chi connectivity index (χ1v) is 6.62. The van der Waals surface area contributed by atoms with Gasteiger partial charge in [-0.3, -0.25) is 4.79 Å². The van der Waals surface area contributed by atoms with Gasteiger partial charge in [0.05, 0.1) is 13.7 Å². The van der Waals surface area contributed by atoms with Crippen LogP contribution in [0, 0.1) is 0 Å². The van der Waals surface area contributed by atoms with E-state index in [0.29, 0.717) is 0 Å². The average Bonchev–Trinajstić information content (AvgIpc) is 2.47. The molecule has 0 aliphatic rings. The number of benzene rings is 1. The summed E-state index contributed by atoms with van der Waals surface area (Å²) in [4.78, 5) is 23.8. The van der Waals surface area contributed by atoms with Crippen LogP contribution >= 0.6 is 12.4 Å². The lowest BCUT2D eigenvalue weighted by atomic mass is 10.0. The Hall–Kier alpha value is -1.63. The zero-order valence-electron chi connectivity index (χ0n) is 13.0. The molecule has 0 heterocycles. The van der Waals surface area contributed by atoms with E-state index in [4.69, 9.17) is 15.2 Å². The van der Waals surface area contributed by atoms with E-state index in [1.165, 1.54) is 14.2 Å². The van der Waals surface area contributed by atoms with E-state index in [1.807, 2.05) is 30.3 Å². The molecule has 0 bridgehead atoms. The van der Waals surface area contributed by atoms with E-state index in [-0.39, 0.29) is 31.3 Å². The fourth-order valence-electron chi connectivity index (χ4n) is 2.04. The van der Waals surface area contributed by atoms with Crippen molar-refractivity contribution in [3.05, 3.63) is 35.9 Å². The lowest BCUT2D eigenvalue weighted by Gasteiger charge is -2.27. The number of rotatable bonds is 7. The Labute approximate surface area is 136 Å². The molecule has 7 heteroatoms. The van der Waals surface area contributed by atoms with Crippen molar-refractivity contribution in [3.8, 4) is 0 Å². The Morgan fingerprint density at radius 3 is 2.36 bits per heavy atom. The monoisotopic (exact) mass is 330 g/mol. The normalized spacial score (nSPS) is 14.2. The molecule has 0 spiro atoms. The Morgan fingerprint density at radius 1 is 1.27 bits per heavy atom. The van der Waals surface area contributed by atoms with Gasteiger partial charge < -0.3 is 20.5 Å². The van der Waals surface area contributed by atoms with Crippen LogP contribution in [0.15, 0.2) is 30.3 Å². The van der Waals surface area contributed by atoms with E-state index in [2.05, 4.69) is 5.32 Å². The number of amides is 1. The zero-order chi connectivity index (χ0) is 15.9. The van der Waals surface area contributed by atoms with Crippen molar-refractivity contribution < 1.29 is 19.1 Å². The van der Waals surface area contributed by atoms with Crippen LogP contribution < -0.4 is 11.1 Å². The molecule has 0 fully saturated rings. The number of hydrogen-bond acceptors (Lipinski definition) is 5. The highest BCUT2D eigenvalue weighted by Gasteiger charge is 2.36. The van der Waals surface area contributed by atoms with Gasteiger partial charge in [-0.15, -0.1) is 12.4 Å². The minimum atomic E-state index is -1.23. The molecule has 1 amide bonds. The van der Waals surface area contributed by atoms with Gasteiger partial charge in [0, 0.05) is 19.6 Å². The third-order valence-electron chi connectivity index (χ3n) is 3.12. The quantitative estimate of drug-likeness (QED) is 0.733. The summed E-state index contributed by atoms with van der Waals surface area (Å²) in [5, 5.41) is 2.63. The SMILES string of the molecule is COCC(C)(NC(=O)CC(N)c1ccccc1)C(=O)OC.Cl. The predicted molar refractivity (Wildman–Crippen MR) is 85.7 cm³/mol. The zero-order valence-corrected chi connectivity index (χ0v) is 13.8. The molecule has 0 aliphatic carbocycles. The highest BCUT2D eigenvalue weighted by molar-refractivity contribution is 5.88. The van der Waals surface area contributed by atoms with Gasteiger partial charge in [0.2, 0.25) is 5.91 Å². The van der Waals surface area contributed by atoms with E-state index in [1.54, 1.807) is 6.92 Å². The third-order valence-corrected chi connectivity index (χ3v) is 3.12. The smallest absolute Gasteiger partial charge is 0.333 e. The second-order valence-electron chi connectivity index (χ2n) is 5.03. The number of esters is 1. The largest absolute Gasteiger partial charge is 0.467 e. The van der Waals surface area contributed by atoms with Gasteiger partial charge in [0.15, 0.2) is 5.54 Å². The number of carbonyl (C=O) groups excluding carboxylic acids is 2. The van der Waals surface area contributed by atoms with E-state index in [0.717, 1.165) is 5.56 Å². The van der Waals surface area contributed by atoms with Crippen molar-refractivity contribution in [2.45, 2.75) is 24.9 Å². The maximum absolute atomic E-state index is 12.1. The Kier molecular flexibility index (Phi) is 8.70. The fraction of sp³-hybridized carbons (Fsp3) is 0.467. The fourth-order valence-corrected chi connectivity index (χ4v) is 2.04. The molecule has 22 heavy (non-hydrogen) atoms. The molecular formula is C15H23ClN2O4. The van der Waals surface area contributed by atoms with E-state index >= 15 is 0 Å².